The molecule has 110 valence electrons. The second-order valence-electron chi connectivity index (χ2n) is 4.76. The number of carbonyl (C=O) groups excluding carboxylic acids is 1. The van der Waals surface area contributed by atoms with E-state index in [-0.39, 0.29) is 24.2 Å². The number of amides is 1. The maximum atomic E-state index is 11.8. The summed E-state index contributed by atoms with van der Waals surface area (Å²) in [6, 6.07) is -0.583. The lowest BCUT2D eigenvalue weighted by atomic mass is 10.1. The molecule has 0 radical (unpaired) electrons. The topological polar surface area (TPSA) is 84.9 Å². The fourth-order valence-electron chi connectivity index (χ4n) is 2.56. The maximum absolute atomic E-state index is 11.8. The molecule has 2 aliphatic heterocycles. The molecule has 2 atom stereocenters. The first-order chi connectivity index (χ1) is 9.02. The predicted molar refractivity (Wildman–Crippen MR) is 68.8 cm³/mol. The summed E-state index contributed by atoms with van der Waals surface area (Å²) in [4.78, 5) is 13.5. The van der Waals surface area contributed by atoms with Gasteiger partial charge in [-0.2, -0.15) is 0 Å². The van der Waals surface area contributed by atoms with Gasteiger partial charge in [0.1, 0.15) is 0 Å². The minimum Gasteiger partial charge on any atom is -0.450 e. The first-order valence-electron chi connectivity index (χ1n) is 6.47. The van der Waals surface area contributed by atoms with Crippen molar-refractivity contribution < 1.29 is 22.7 Å². The van der Waals surface area contributed by atoms with Crippen molar-refractivity contribution in [3.8, 4) is 0 Å². The molecule has 0 bridgehead atoms. The summed E-state index contributed by atoms with van der Waals surface area (Å²) >= 11 is 0. The molecule has 1 amide bonds. The molecule has 2 saturated heterocycles. The Labute approximate surface area is 113 Å². The standard InChI is InChI=1S/C11H20N2O5S/c1-2-18-11(14)12-9-7-19(15,16)8-10(9)13-3-5-17-6-4-13/h9-10H,2-8H2,1H3,(H,12,14). The first kappa shape index (κ1) is 14.5. The zero-order valence-corrected chi connectivity index (χ0v) is 11.8. The molecular weight excluding hydrogens is 272 g/mol. The number of carbonyl (C=O) groups is 1. The number of nitrogens with zero attached hydrogens (tertiary/aromatic N) is 1. The highest BCUT2D eigenvalue weighted by Gasteiger charge is 2.42. The van der Waals surface area contributed by atoms with Gasteiger partial charge in [0.25, 0.3) is 0 Å². The van der Waals surface area contributed by atoms with Crippen molar-refractivity contribution in [3.05, 3.63) is 0 Å². The highest BCUT2D eigenvalue weighted by molar-refractivity contribution is 7.91. The van der Waals surface area contributed by atoms with Gasteiger partial charge < -0.3 is 14.8 Å². The van der Waals surface area contributed by atoms with Gasteiger partial charge in [0, 0.05) is 19.1 Å². The molecule has 2 heterocycles. The van der Waals surface area contributed by atoms with Crippen LogP contribution in [0.3, 0.4) is 0 Å². The smallest absolute Gasteiger partial charge is 0.407 e. The van der Waals surface area contributed by atoms with Crippen molar-refractivity contribution in [2.24, 2.45) is 0 Å². The van der Waals surface area contributed by atoms with Gasteiger partial charge in [-0.1, -0.05) is 0 Å². The van der Waals surface area contributed by atoms with Crippen LogP contribution in [-0.4, -0.2) is 75.9 Å². The maximum Gasteiger partial charge on any atom is 0.407 e. The second-order valence-corrected chi connectivity index (χ2v) is 6.92. The Morgan fingerprint density at radius 3 is 2.68 bits per heavy atom. The van der Waals surface area contributed by atoms with Gasteiger partial charge in [0.05, 0.1) is 37.4 Å². The highest BCUT2D eigenvalue weighted by atomic mass is 32.2. The van der Waals surface area contributed by atoms with Crippen LogP contribution in [-0.2, 0) is 19.3 Å². The third-order valence-electron chi connectivity index (χ3n) is 3.42. The van der Waals surface area contributed by atoms with E-state index in [0.29, 0.717) is 26.3 Å². The Morgan fingerprint density at radius 2 is 2.05 bits per heavy atom. The summed E-state index contributed by atoms with van der Waals surface area (Å²) in [7, 11) is -3.11. The van der Waals surface area contributed by atoms with E-state index in [1.807, 2.05) is 0 Å². The van der Waals surface area contributed by atoms with Crippen LogP contribution >= 0.6 is 0 Å². The quantitative estimate of drug-likeness (QED) is 0.735. The number of hydrogen-bond acceptors (Lipinski definition) is 6. The van der Waals surface area contributed by atoms with Crippen LogP contribution in [0.1, 0.15) is 6.92 Å². The van der Waals surface area contributed by atoms with Crippen molar-refractivity contribution in [2.75, 3.05) is 44.4 Å². The van der Waals surface area contributed by atoms with Crippen molar-refractivity contribution in [2.45, 2.75) is 19.0 Å². The molecule has 0 aromatic rings. The number of alkyl carbamates (subject to hydrolysis) is 1. The predicted octanol–water partition coefficient (Wildman–Crippen LogP) is -0.770. The molecule has 0 aromatic heterocycles. The molecule has 2 rings (SSSR count). The Kier molecular flexibility index (Phi) is 4.64. The lowest BCUT2D eigenvalue weighted by Gasteiger charge is -2.34. The summed E-state index contributed by atoms with van der Waals surface area (Å²) in [6.45, 7) is 4.58. The lowest BCUT2D eigenvalue weighted by molar-refractivity contribution is 0.0162. The van der Waals surface area contributed by atoms with Crippen LogP contribution in [0, 0.1) is 0 Å². The van der Waals surface area contributed by atoms with Crippen LogP contribution in [0.15, 0.2) is 0 Å². The minimum absolute atomic E-state index is 0.0200. The fraction of sp³-hybridized carbons (Fsp3) is 0.909. The number of sulfone groups is 1. The van der Waals surface area contributed by atoms with Crippen molar-refractivity contribution in [3.63, 3.8) is 0 Å². The third kappa shape index (κ3) is 3.80. The molecule has 0 spiro atoms. The molecule has 2 fully saturated rings. The molecule has 8 heteroatoms. The highest BCUT2D eigenvalue weighted by Crippen LogP contribution is 2.19. The normalized spacial score (nSPS) is 31.0. The van der Waals surface area contributed by atoms with Gasteiger partial charge in [0.15, 0.2) is 9.84 Å². The average molecular weight is 292 g/mol. The van der Waals surface area contributed by atoms with E-state index in [4.69, 9.17) is 9.47 Å². The Bertz CT molecular complexity index is 419. The second kappa shape index (κ2) is 6.06. The van der Waals surface area contributed by atoms with E-state index in [1.165, 1.54) is 0 Å². The van der Waals surface area contributed by atoms with Gasteiger partial charge in [-0.3, -0.25) is 4.90 Å². The summed E-state index contributed by atoms with van der Waals surface area (Å²) in [6.07, 6.45) is -0.553. The summed E-state index contributed by atoms with van der Waals surface area (Å²) < 4.78 is 33.6. The SMILES string of the molecule is CCOC(=O)NC1CS(=O)(=O)CC1N1CCOCC1. The minimum atomic E-state index is -3.11. The lowest BCUT2D eigenvalue weighted by Crippen LogP contribution is -2.54. The molecule has 0 saturated carbocycles. The Morgan fingerprint density at radius 1 is 1.37 bits per heavy atom. The zero-order valence-electron chi connectivity index (χ0n) is 11.0. The molecule has 1 N–H and O–H groups in total. The van der Waals surface area contributed by atoms with Gasteiger partial charge >= 0.3 is 6.09 Å². The van der Waals surface area contributed by atoms with Crippen molar-refractivity contribution >= 4 is 15.9 Å². The number of hydrogen-bond donors (Lipinski definition) is 1. The van der Waals surface area contributed by atoms with E-state index >= 15 is 0 Å². The van der Waals surface area contributed by atoms with E-state index in [0.717, 1.165) is 0 Å². The van der Waals surface area contributed by atoms with Gasteiger partial charge in [0.2, 0.25) is 0 Å². The first-order valence-corrected chi connectivity index (χ1v) is 8.29. The molecular formula is C11H20N2O5S. The van der Waals surface area contributed by atoms with Crippen LogP contribution in [0.4, 0.5) is 4.79 Å². The number of nitrogens with one attached hydrogen (secondary N) is 1. The van der Waals surface area contributed by atoms with E-state index in [9.17, 15) is 13.2 Å². The van der Waals surface area contributed by atoms with Crippen LogP contribution < -0.4 is 5.32 Å². The van der Waals surface area contributed by atoms with Gasteiger partial charge in [-0.25, -0.2) is 13.2 Å². The summed E-state index contributed by atoms with van der Waals surface area (Å²) in [5.74, 6) is 0.0674. The fourth-order valence-corrected chi connectivity index (χ4v) is 4.51. The Balaban J connectivity index is 2.03. The molecule has 2 unspecified atom stereocenters. The number of ether oxygens (including phenoxy) is 2. The molecule has 19 heavy (non-hydrogen) atoms. The molecule has 0 aromatic carbocycles. The van der Waals surface area contributed by atoms with Crippen LogP contribution in [0.2, 0.25) is 0 Å². The van der Waals surface area contributed by atoms with Gasteiger partial charge in [-0.05, 0) is 6.92 Å². The number of morpholine rings is 1. The third-order valence-corrected chi connectivity index (χ3v) is 5.13. The largest absolute Gasteiger partial charge is 0.450 e. The zero-order chi connectivity index (χ0) is 13.9. The van der Waals surface area contributed by atoms with E-state index in [1.54, 1.807) is 6.92 Å². The average Bonchev–Trinajstić information content (AvgIpc) is 2.66. The molecule has 7 nitrogen and oxygen atoms in total. The monoisotopic (exact) mass is 292 g/mol. The van der Waals surface area contributed by atoms with E-state index < -0.39 is 22.0 Å². The summed E-state index contributed by atoms with van der Waals surface area (Å²) in [5, 5.41) is 2.66. The van der Waals surface area contributed by atoms with Crippen molar-refractivity contribution in [1.29, 1.82) is 0 Å². The molecule has 2 aliphatic rings. The van der Waals surface area contributed by atoms with Gasteiger partial charge in [-0.15, -0.1) is 0 Å². The molecule has 0 aliphatic carbocycles. The van der Waals surface area contributed by atoms with Crippen molar-refractivity contribution in [1.82, 2.24) is 10.2 Å². The van der Waals surface area contributed by atoms with Crippen LogP contribution in [0.5, 0.6) is 0 Å². The van der Waals surface area contributed by atoms with Crippen LogP contribution in [0.25, 0.3) is 0 Å². The number of rotatable bonds is 3. The summed E-state index contributed by atoms with van der Waals surface area (Å²) in [5.41, 5.74) is 0. The Hall–Kier alpha value is -0.860. The van der Waals surface area contributed by atoms with E-state index in [2.05, 4.69) is 10.2 Å².